The van der Waals surface area contributed by atoms with E-state index in [1.165, 1.54) is 0 Å². The standard InChI is InChI=1S/C16H15ClO3/c1-2-19-15-9-5-7-12(10-18)16(15)20-11-13-6-3-4-8-14(13)17/h3-10H,2,11H2,1H3. The van der Waals surface area contributed by atoms with Crippen LogP contribution in [0.25, 0.3) is 0 Å². The normalized spacial score (nSPS) is 10.1. The first-order chi connectivity index (χ1) is 9.76. The molecule has 2 aromatic rings. The number of halogens is 1. The van der Waals surface area contributed by atoms with Crippen molar-refractivity contribution in [1.29, 1.82) is 0 Å². The summed E-state index contributed by atoms with van der Waals surface area (Å²) in [5, 5.41) is 0.633. The molecule has 0 unspecified atom stereocenters. The molecule has 0 heterocycles. The maximum Gasteiger partial charge on any atom is 0.172 e. The summed E-state index contributed by atoms with van der Waals surface area (Å²) in [6.45, 7) is 2.67. The lowest BCUT2D eigenvalue weighted by Gasteiger charge is -2.14. The molecule has 0 radical (unpaired) electrons. The van der Waals surface area contributed by atoms with Crippen LogP contribution in [0.3, 0.4) is 0 Å². The van der Waals surface area contributed by atoms with E-state index in [-0.39, 0.29) is 6.61 Å². The molecule has 0 saturated heterocycles. The number of ether oxygens (including phenoxy) is 2. The molecule has 0 bridgehead atoms. The lowest BCUT2D eigenvalue weighted by molar-refractivity contribution is 0.111. The molecule has 0 spiro atoms. The van der Waals surface area contributed by atoms with Crippen LogP contribution in [-0.2, 0) is 6.61 Å². The summed E-state index contributed by atoms with van der Waals surface area (Å²) in [7, 11) is 0. The topological polar surface area (TPSA) is 35.5 Å². The summed E-state index contributed by atoms with van der Waals surface area (Å²) in [5.74, 6) is 1.01. The Kier molecular flexibility index (Phi) is 5.02. The van der Waals surface area contributed by atoms with Crippen molar-refractivity contribution < 1.29 is 14.3 Å². The van der Waals surface area contributed by atoms with Gasteiger partial charge in [0.05, 0.1) is 12.2 Å². The number of rotatable bonds is 6. The number of carbonyl (C=O) groups excluding carboxylic acids is 1. The minimum Gasteiger partial charge on any atom is -0.490 e. The van der Waals surface area contributed by atoms with Gasteiger partial charge in [-0.3, -0.25) is 4.79 Å². The molecule has 2 aromatic carbocycles. The second-order valence-electron chi connectivity index (χ2n) is 4.11. The Morgan fingerprint density at radius 2 is 1.90 bits per heavy atom. The Morgan fingerprint density at radius 3 is 2.60 bits per heavy atom. The van der Waals surface area contributed by atoms with Crippen LogP contribution in [0.4, 0.5) is 0 Å². The highest BCUT2D eigenvalue weighted by molar-refractivity contribution is 6.31. The highest BCUT2D eigenvalue weighted by atomic mass is 35.5. The highest BCUT2D eigenvalue weighted by Gasteiger charge is 2.11. The van der Waals surface area contributed by atoms with E-state index in [1.54, 1.807) is 24.3 Å². The summed E-state index contributed by atoms with van der Waals surface area (Å²) in [6, 6.07) is 12.7. The Balaban J connectivity index is 2.24. The van der Waals surface area contributed by atoms with Gasteiger partial charge in [-0.2, -0.15) is 0 Å². The Labute approximate surface area is 123 Å². The third kappa shape index (κ3) is 3.31. The van der Waals surface area contributed by atoms with Gasteiger partial charge in [-0.15, -0.1) is 0 Å². The van der Waals surface area contributed by atoms with Crippen LogP contribution in [0, 0.1) is 0 Å². The Morgan fingerprint density at radius 1 is 1.10 bits per heavy atom. The number of benzene rings is 2. The molecule has 104 valence electrons. The van der Waals surface area contributed by atoms with E-state index in [4.69, 9.17) is 21.1 Å². The van der Waals surface area contributed by atoms with Gasteiger partial charge < -0.3 is 9.47 Å². The molecule has 20 heavy (non-hydrogen) atoms. The maximum atomic E-state index is 11.1. The van der Waals surface area contributed by atoms with Gasteiger partial charge in [0.15, 0.2) is 17.8 Å². The SMILES string of the molecule is CCOc1cccc(C=O)c1OCc1ccccc1Cl. The Bertz CT molecular complexity index is 596. The minimum atomic E-state index is 0.282. The molecule has 0 aliphatic heterocycles. The molecule has 0 aliphatic carbocycles. The van der Waals surface area contributed by atoms with E-state index in [0.717, 1.165) is 11.8 Å². The van der Waals surface area contributed by atoms with Gasteiger partial charge in [0, 0.05) is 10.6 Å². The van der Waals surface area contributed by atoms with Gasteiger partial charge in [-0.05, 0) is 25.1 Å². The fourth-order valence-corrected chi connectivity index (χ4v) is 2.00. The average molecular weight is 291 g/mol. The van der Waals surface area contributed by atoms with E-state index in [2.05, 4.69) is 0 Å². The van der Waals surface area contributed by atoms with Gasteiger partial charge in [-0.1, -0.05) is 35.9 Å². The van der Waals surface area contributed by atoms with Crippen molar-refractivity contribution in [2.45, 2.75) is 13.5 Å². The largest absolute Gasteiger partial charge is 0.490 e. The molecule has 0 saturated carbocycles. The zero-order chi connectivity index (χ0) is 14.4. The van der Waals surface area contributed by atoms with Crippen LogP contribution < -0.4 is 9.47 Å². The van der Waals surface area contributed by atoms with Crippen molar-refractivity contribution in [2.24, 2.45) is 0 Å². The molecule has 3 nitrogen and oxygen atoms in total. The van der Waals surface area contributed by atoms with Crippen molar-refractivity contribution in [3.05, 3.63) is 58.6 Å². The second kappa shape index (κ2) is 6.96. The van der Waals surface area contributed by atoms with Crippen molar-refractivity contribution in [1.82, 2.24) is 0 Å². The van der Waals surface area contributed by atoms with E-state index in [9.17, 15) is 4.79 Å². The van der Waals surface area contributed by atoms with Gasteiger partial charge >= 0.3 is 0 Å². The molecule has 0 atom stereocenters. The number of aldehydes is 1. The molecule has 0 aliphatic rings. The molecule has 0 N–H and O–H groups in total. The Hall–Kier alpha value is -2.00. The van der Waals surface area contributed by atoms with E-state index >= 15 is 0 Å². The number of para-hydroxylation sites is 1. The van der Waals surface area contributed by atoms with E-state index < -0.39 is 0 Å². The summed E-state index contributed by atoms with van der Waals surface area (Å²) >= 11 is 6.08. The average Bonchev–Trinajstić information content (AvgIpc) is 2.47. The molecule has 2 rings (SSSR count). The quantitative estimate of drug-likeness (QED) is 0.750. The summed E-state index contributed by atoms with van der Waals surface area (Å²) in [6.07, 6.45) is 0.754. The van der Waals surface area contributed by atoms with Gasteiger partial charge in [0.2, 0.25) is 0 Å². The van der Waals surface area contributed by atoms with Crippen LogP contribution in [0.15, 0.2) is 42.5 Å². The van der Waals surface area contributed by atoms with Crippen LogP contribution in [-0.4, -0.2) is 12.9 Å². The highest BCUT2D eigenvalue weighted by Crippen LogP contribution is 2.31. The fraction of sp³-hybridized carbons (Fsp3) is 0.188. The predicted molar refractivity (Wildman–Crippen MR) is 78.8 cm³/mol. The molecule has 0 aromatic heterocycles. The van der Waals surface area contributed by atoms with Crippen molar-refractivity contribution >= 4 is 17.9 Å². The van der Waals surface area contributed by atoms with Crippen LogP contribution in [0.5, 0.6) is 11.5 Å². The maximum absolute atomic E-state index is 11.1. The zero-order valence-electron chi connectivity index (χ0n) is 11.1. The number of hydrogen-bond donors (Lipinski definition) is 0. The molecular formula is C16H15ClO3. The molecule has 0 amide bonds. The first-order valence-electron chi connectivity index (χ1n) is 6.33. The lowest BCUT2D eigenvalue weighted by atomic mass is 10.2. The van der Waals surface area contributed by atoms with Crippen LogP contribution >= 0.6 is 11.6 Å². The monoisotopic (exact) mass is 290 g/mol. The number of carbonyl (C=O) groups is 1. The van der Waals surface area contributed by atoms with Gasteiger partial charge in [-0.25, -0.2) is 0 Å². The number of hydrogen-bond acceptors (Lipinski definition) is 3. The van der Waals surface area contributed by atoms with Gasteiger partial charge in [0.25, 0.3) is 0 Å². The lowest BCUT2D eigenvalue weighted by Crippen LogP contribution is -2.02. The summed E-state index contributed by atoms with van der Waals surface area (Å²) in [5.41, 5.74) is 1.32. The summed E-state index contributed by atoms with van der Waals surface area (Å²) < 4.78 is 11.2. The zero-order valence-corrected chi connectivity index (χ0v) is 11.9. The third-order valence-corrected chi connectivity index (χ3v) is 3.13. The van der Waals surface area contributed by atoms with Crippen molar-refractivity contribution in [3.63, 3.8) is 0 Å². The summed E-state index contributed by atoms with van der Waals surface area (Å²) in [4.78, 5) is 11.1. The third-order valence-electron chi connectivity index (χ3n) is 2.77. The fourth-order valence-electron chi connectivity index (χ4n) is 1.81. The van der Waals surface area contributed by atoms with Crippen LogP contribution in [0.2, 0.25) is 5.02 Å². The van der Waals surface area contributed by atoms with E-state index in [0.29, 0.717) is 28.7 Å². The minimum absolute atomic E-state index is 0.282. The van der Waals surface area contributed by atoms with E-state index in [1.807, 2.05) is 25.1 Å². The van der Waals surface area contributed by atoms with Crippen molar-refractivity contribution in [3.8, 4) is 11.5 Å². The molecule has 0 fully saturated rings. The second-order valence-corrected chi connectivity index (χ2v) is 4.51. The predicted octanol–water partition coefficient (Wildman–Crippen LogP) is 4.13. The molecule has 4 heteroatoms. The van der Waals surface area contributed by atoms with Crippen molar-refractivity contribution in [2.75, 3.05) is 6.61 Å². The first-order valence-corrected chi connectivity index (χ1v) is 6.71. The molecular weight excluding hydrogens is 276 g/mol. The first kappa shape index (κ1) is 14.4. The smallest absolute Gasteiger partial charge is 0.172 e. The van der Waals surface area contributed by atoms with Crippen LogP contribution in [0.1, 0.15) is 22.8 Å². The van der Waals surface area contributed by atoms with Gasteiger partial charge in [0.1, 0.15) is 6.61 Å².